The Morgan fingerprint density at radius 2 is 2.20 bits per heavy atom. The summed E-state index contributed by atoms with van der Waals surface area (Å²) >= 11 is -0.539. The van der Waals surface area contributed by atoms with Gasteiger partial charge in [-0.25, -0.2) is 0 Å². The van der Waals surface area contributed by atoms with E-state index in [9.17, 15) is 0 Å². The van der Waals surface area contributed by atoms with E-state index in [1.165, 1.54) is 12.0 Å². The van der Waals surface area contributed by atoms with E-state index in [-0.39, 0.29) is 0 Å². The van der Waals surface area contributed by atoms with Gasteiger partial charge in [0, 0.05) is 0 Å². The minimum atomic E-state index is -0.539. The first-order chi connectivity index (χ1) is 7.36. The molecule has 2 nitrogen and oxygen atoms in total. The molecule has 1 aliphatic rings. The third kappa shape index (κ3) is 3.35. The first kappa shape index (κ1) is 11.2. The summed E-state index contributed by atoms with van der Waals surface area (Å²) in [5, 5.41) is 0. The van der Waals surface area contributed by atoms with Crippen molar-refractivity contribution in [1.29, 1.82) is 0 Å². The van der Waals surface area contributed by atoms with Crippen LogP contribution in [0.5, 0.6) is 0 Å². The van der Waals surface area contributed by atoms with Crippen molar-refractivity contribution in [3.63, 3.8) is 0 Å². The average Bonchev–Trinajstić information content (AvgIpc) is 2.66. The molecule has 0 saturated heterocycles. The summed E-state index contributed by atoms with van der Waals surface area (Å²) < 4.78 is 10.8. The van der Waals surface area contributed by atoms with E-state index in [2.05, 4.69) is 37.8 Å². The van der Waals surface area contributed by atoms with Gasteiger partial charge in [0.05, 0.1) is 0 Å². The first-order valence-electron chi connectivity index (χ1n) is 5.40. The zero-order valence-electron chi connectivity index (χ0n) is 9.10. The van der Waals surface area contributed by atoms with Gasteiger partial charge in [-0.2, -0.15) is 0 Å². The molecule has 0 radical (unpaired) electrons. The van der Waals surface area contributed by atoms with Crippen molar-refractivity contribution < 1.29 is 4.74 Å². The molecular weight excluding hydrogens is 289 g/mol. The molecule has 1 atom stereocenters. The first-order valence-corrected chi connectivity index (χ1v) is 8.78. The van der Waals surface area contributed by atoms with Crippen molar-refractivity contribution >= 4 is 26.5 Å². The van der Waals surface area contributed by atoms with Gasteiger partial charge in [0.2, 0.25) is 0 Å². The fourth-order valence-electron chi connectivity index (χ4n) is 1.69. The summed E-state index contributed by atoms with van der Waals surface area (Å²) in [4.78, 5) is 0. The van der Waals surface area contributed by atoms with Crippen LogP contribution in [0.3, 0.4) is 0 Å². The minimum absolute atomic E-state index is 0.539. The van der Waals surface area contributed by atoms with Gasteiger partial charge in [0.1, 0.15) is 0 Å². The van der Waals surface area contributed by atoms with Gasteiger partial charge < -0.3 is 0 Å². The normalized spacial score (nSPS) is 19.3. The van der Waals surface area contributed by atoms with Crippen LogP contribution in [0.15, 0.2) is 30.3 Å². The van der Waals surface area contributed by atoms with Crippen LogP contribution in [0.1, 0.15) is 18.9 Å². The predicted molar refractivity (Wildman–Crippen MR) is 63.8 cm³/mol. The number of hydrogen-bond acceptors (Lipinski definition) is 2. The Labute approximate surface area is 102 Å². The number of rotatable bonds is 4. The average molecular weight is 305 g/mol. The maximum absolute atomic E-state index is 5.73. The van der Waals surface area contributed by atoms with Crippen molar-refractivity contribution in [2.24, 2.45) is 0 Å². The van der Waals surface area contributed by atoms with Crippen molar-refractivity contribution in [2.75, 3.05) is 6.73 Å². The molecule has 0 aliphatic carbocycles. The molecule has 15 heavy (non-hydrogen) atoms. The SMILES string of the molecule is CC1C[CH]=[In][N]1COCc1ccccc1. The summed E-state index contributed by atoms with van der Waals surface area (Å²) in [7, 11) is 0. The van der Waals surface area contributed by atoms with Crippen LogP contribution >= 0.6 is 0 Å². The molecular formula is C12H16InNO. The van der Waals surface area contributed by atoms with Gasteiger partial charge in [-0.1, -0.05) is 0 Å². The van der Waals surface area contributed by atoms with Crippen LogP contribution in [0.2, 0.25) is 0 Å². The summed E-state index contributed by atoms with van der Waals surface area (Å²) in [6.07, 6.45) is 1.27. The van der Waals surface area contributed by atoms with Crippen molar-refractivity contribution in [3.05, 3.63) is 35.9 Å². The Balaban J connectivity index is 1.73. The van der Waals surface area contributed by atoms with Crippen LogP contribution in [0.25, 0.3) is 0 Å². The van der Waals surface area contributed by atoms with Crippen LogP contribution < -0.4 is 0 Å². The molecule has 0 spiro atoms. The van der Waals surface area contributed by atoms with Crippen LogP contribution in [0, 0.1) is 0 Å². The molecule has 0 amide bonds. The van der Waals surface area contributed by atoms with E-state index in [4.69, 9.17) is 4.74 Å². The molecule has 1 heterocycles. The molecule has 0 fully saturated rings. The Morgan fingerprint density at radius 1 is 1.40 bits per heavy atom. The molecule has 78 valence electrons. The number of hydrogen-bond donors (Lipinski definition) is 0. The van der Waals surface area contributed by atoms with E-state index in [0.717, 1.165) is 19.4 Å². The van der Waals surface area contributed by atoms with Gasteiger partial charge in [0.25, 0.3) is 0 Å². The third-order valence-electron chi connectivity index (χ3n) is 2.69. The van der Waals surface area contributed by atoms with Gasteiger partial charge in [-0.3, -0.25) is 0 Å². The Hall–Kier alpha value is -0.280. The topological polar surface area (TPSA) is 12.5 Å². The number of nitrogens with zero attached hydrogens (tertiary/aromatic N) is 1. The van der Waals surface area contributed by atoms with E-state index >= 15 is 0 Å². The molecule has 1 unspecified atom stereocenters. The molecule has 1 aromatic carbocycles. The quantitative estimate of drug-likeness (QED) is 0.839. The second-order valence-electron chi connectivity index (χ2n) is 3.95. The number of benzene rings is 1. The molecule has 0 aromatic heterocycles. The van der Waals surface area contributed by atoms with E-state index in [1.807, 2.05) is 6.07 Å². The molecule has 0 saturated carbocycles. The van der Waals surface area contributed by atoms with Crippen LogP contribution in [-0.2, 0) is 11.3 Å². The monoisotopic (exact) mass is 305 g/mol. The van der Waals surface area contributed by atoms with Crippen molar-refractivity contribution in [3.8, 4) is 0 Å². The summed E-state index contributed by atoms with van der Waals surface area (Å²) in [5.41, 5.74) is 1.26. The number of ether oxygens (including phenoxy) is 1. The van der Waals surface area contributed by atoms with Gasteiger partial charge >= 0.3 is 103 Å². The Kier molecular flexibility index (Phi) is 4.27. The standard InChI is InChI=1S/C12H16NO.In/c1-3-11(2)13-10-14-9-12-7-5-4-6-8-12;/h1,4-8,11H,3,9-10H2,2H3;/q-1;+1. The maximum atomic E-state index is 5.73. The van der Waals surface area contributed by atoms with Gasteiger partial charge in [-0.05, 0) is 0 Å². The summed E-state index contributed by atoms with van der Waals surface area (Å²) in [5.74, 6) is 0. The van der Waals surface area contributed by atoms with E-state index < -0.39 is 22.7 Å². The van der Waals surface area contributed by atoms with E-state index in [1.54, 1.807) is 0 Å². The second kappa shape index (κ2) is 5.71. The zero-order valence-corrected chi connectivity index (χ0v) is 12.4. The predicted octanol–water partition coefficient (Wildman–Crippen LogP) is 1.68. The third-order valence-corrected chi connectivity index (χ3v) is 7.04. The molecule has 1 aromatic rings. The van der Waals surface area contributed by atoms with Crippen molar-refractivity contribution in [2.45, 2.75) is 26.0 Å². The molecule has 0 N–H and O–H groups in total. The van der Waals surface area contributed by atoms with Gasteiger partial charge in [0.15, 0.2) is 0 Å². The van der Waals surface area contributed by atoms with Crippen molar-refractivity contribution in [1.82, 2.24) is 2.89 Å². The van der Waals surface area contributed by atoms with E-state index in [0.29, 0.717) is 0 Å². The van der Waals surface area contributed by atoms with Gasteiger partial charge in [-0.15, -0.1) is 0 Å². The summed E-state index contributed by atoms with van der Waals surface area (Å²) in [6.45, 7) is 3.86. The molecule has 2 rings (SSSR count). The molecule has 0 bridgehead atoms. The Bertz CT molecular complexity index is 326. The molecule has 1 aliphatic heterocycles. The fraction of sp³-hybridized carbons (Fsp3) is 0.417. The van der Waals surface area contributed by atoms with Crippen LogP contribution in [-0.4, -0.2) is 42.1 Å². The zero-order chi connectivity index (χ0) is 10.5. The Morgan fingerprint density at radius 3 is 2.87 bits per heavy atom. The summed E-state index contributed by atoms with van der Waals surface area (Å²) in [6, 6.07) is 11.1. The second-order valence-corrected chi connectivity index (χ2v) is 8.04. The fourth-order valence-corrected chi connectivity index (χ4v) is 5.67. The molecule has 3 heteroatoms. The van der Waals surface area contributed by atoms with Crippen LogP contribution in [0.4, 0.5) is 0 Å².